The highest BCUT2D eigenvalue weighted by molar-refractivity contribution is 9.13. The molecule has 1 heterocycles. The van der Waals surface area contributed by atoms with E-state index in [-0.39, 0.29) is 0 Å². The lowest BCUT2D eigenvalue weighted by Gasteiger charge is -2.06. The highest BCUT2D eigenvalue weighted by atomic mass is 79.9. The Morgan fingerprint density at radius 1 is 1.23 bits per heavy atom. The number of hydrogen-bond acceptors (Lipinski definition) is 2. The number of rotatable bonds is 1. The van der Waals surface area contributed by atoms with Crippen molar-refractivity contribution in [1.29, 1.82) is 0 Å². The molecular formula is C5H2Br4N2O2. The van der Waals surface area contributed by atoms with E-state index in [2.05, 4.69) is 63.9 Å². The van der Waals surface area contributed by atoms with Gasteiger partial charge >= 0.3 is 5.69 Å². The van der Waals surface area contributed by atoms with Gasteiger partial charge in [-0.3, -0.25) is 9.36 Å². The van der Waals surface area contributed by atoms with Gasteiger partial charge in [-0.25, -0.2) is 4.79 Å². The molecule has 0 saturated carbocycles. The van der Waals surface area contributed by atoms with Crippen molar-refractivity contribution in [3.05, 3.63) is 29.9 Å². The lowest BCUT2D eigenvalue weighted by molar-refractivity contribution is 0.749. The van der Waals surface area contributed by atoms with E-state index in [0.717, 1.165) is 3.59 Å². The van der Waals surface area contributed by atoms with Gasteiger partial charge in [0, 0.05) is 0 Å². The van der Waals surface area contributed by atoms with Crippen LogP contribution in [-0.4, -0.2) is 8.16 Å². The maximum absolute atomic E-state index is 11.4. The van der Waals surface area contributed by atoms with Crippen molar-refractivity contribution < 1.29 is 0 Å². The fourth-order valence-electron chi connectivity index (χ4n) is 0.673. The zero-order chi connectivity index (χ0) is 10.2. The van der Waals surface area contributed by atoms with Crippen LogP contribution in [0.15, 0.2) is 18.7 Å². The molecule has 0 fully saturated rings. The molecule has 0 bridgehead atoms. The fourth-order valence-corrected chi connectivity index (χ4v) is 2.92. The SMILES string of the molecule is O=c1c(Br)c(Br)n(CBr)c(=O)n1Br. The van der Waals surface area contributed by atoms with E-state index < -0.39 is 11.2 Å². The molecular weight excluding hydrogens is 440 g/mol. The van der Waals surface area contributed by atoms with Crippen LogP contribution >= 0.6 is 63.9 Å². The van der Waals surface area contributed by atoms with Gasteiger partial charge in [0.05, 0.1) is 21.6 Å². The first-order valence-electron chi connectivity index (χ1n) is 2.93. The second-order valence-electron chi connectivity index (χ2n) is 2.02. The van der Waals surface area contributed by atoms with Crippen LogP contribution in [0.2, 0.25) is 0 Å². The number of hydrogen-bond donors (Lipinski definition) is 0. The molecule has 0 spiro atoms. The van der Waals surface area contributed by atoms with Crippen LogP contribution in [0.25, 0.3) is 0 Å². The molecule has 0 aromatic carbocycles. The van der Waals surface area contributed by atoms with Crippen molar-refractivity contribution in [2.24, 2.45) is 0 Å². The lowest BCUT2D eigenvalue weighted by atomic mass is 10.6. The summed E-state index contributed by atoms with van der Waals surface area (Å²) in [6.07, 6.45) is 0. The van der Waals surface area contributed by atoms with Gasteiger partial charge in [-0.1, -0.05) is 15.9 Å². The Kier molecular flexibility index (Phi) is 3.96. The van der Waals surface area contributed by atoms with Crippen LogP contribution in [-0.2, 0) is 5.45 Å². The van der Waals surface area contributed by atoms with Crippen LogP contribution < -0.4 is 11.2 Å². The average molecular weight is 442 g/mol. The smallest absolute Gasteiger partial charge is 0.275 e. The first kappa shape index (κ1) is 11.7. The Bertz CT molecular complexity index is 449. The summed E-state index contributed by atoms with van der Waals surface area (Å²) in [6, 6.07) is 0. The summed E-state index contributed by atoms with van der Waals surface area (Å²) in [6.45, 7) is 0. The van der Waals surface area contributed by atoms with Gasteiger partial charge in [-0.15, -0.1) is 0 Å². The Balaban J connectivity index is 3.78. The largest absolute Gasteiger partial charge is 0.343 e. The normalized spacial score (nSPS) is 10.5. The van der Waals surface area contributed by atoms with Crippen molar-refractivity contribution in [1.82, 2.24) is 8.16 Å². The zero-order valence-electron chi connectivity index (χ0n) is 5.93. The van der Waals surface area contributed by atoms with Crippen LogP contribution in [0.4, 0.5) is 0 Å². The van der Waals surface area contributed by atoms with E-state index in [1.165, 1.54) is 4.57 Å². The molecule has 0 atom stereocenters. The third-order valence-corrected chi connectivity index (χ3v) is 4.50. The molecule has 0 aliphatic heterocycles. The highest BCUT2D eigenvalue weighted by Crippen LogP contribution is 2.17. The van der Waals surface area contributed by atoms with Crippen LogP contribution in [0.1, 0.15) is 0 Å². The Morgan fingerprint density at radius 2 is 1.77 bits per heavy atom. The lowest BCUT2D eigenvalue weighted by Crippen LogP contribution is -2.35. The topological polar surface area (TPSA) is 44.0 Å². The fraction of sp³-hybridized carbons (Fsp3) is 0.200. The second kappa shape index (κ2) is 4.41. The Hall–Kier alpha value is 0.600. The van der Waals surface area contributed by atoms with Gasteiger partial charge < -0.3 is 0 Å². The molecule has 0 aliphatic rings. The average Bonchev–Trinajstić information content (AvgIpc) is 2.13. The molecule has 1 aromatic rings. The summed E-state index contributed by atoms with van der Waals surface area (Å²) in [5, 5.41) is 0. The summed E-state index contributed by atoms with van der Waals surface area (Å²) in [7, 11) is 0. The van der Waals surface area contributed by atoms with E-state index >= 15 is 0 Å². The van der Waals surface area contributed by atoms with Crippen molar-refractivity contribution in [3.8, 4) is 0 Å². The highest BCUT2D eigenvalue weighted by Gasteiger charge is 2.12. The quantitative estimate of drug-likeness (QED) is 0.495. The molecule has 72 valence electrons. The molecule has 4 nitrogen and oxygen atoms in total. The number of halogens is 4. The number of aromatic nitrogens is 2. The molecule has 0 N–H and O–H groups in total. The van der Waals surface area contributed by atoms with Crippen LogP contribution in [0, 0.1) is 0 Å². The van der Waals surface area contributed by atoms with Gasteiger partial charge in [-0.2, -0.15) is 3.59 Å². The van der Waals surface area contributed by atoms with E-state index in [9.17, 15) is 9.59 Å². The Morgan fingerprint density at radius 3 is 2.23 bits per heavy atom. The monoisotopic (exact) mass is 438 g/mol. The molecule has 13 heavy (non-hydrogen) atoms. The minimum atomic E-state index is -0.447. The van der Waals surface area contributed by atoms with Crippen LogP contribution in [0.5, 0.6) is 0 Å². The summed E-state index contributed by atoms with van der Waals surface area (Å²) in [5.41, 5.74) is -0.581. The third-order valence-electron chi connectivity index (χ3n) is 1.30. The molecule has 0 radical (unpaired) electrons. The maximum Gasteiger partial charge on any atom is 0.343 e. The standard InChI is InChI=1S/C5H2Br4N2O2/c6-1-10-3(8)2(7)4(12)11(9)5(10)13/h1H2. The van der Waals surface area contributed by atoms with Gasteiger partial charge in [0.25, 0.3) is 5.56 Å². The summed E-state index contributed by atoms with van der Waals surface area (Å²) >= 11 is 12.2. The van der Waals surface area contributed by atoms with E-state index in [4.69, 9.17) is 0 Å². The van der Waals surface area contributed by atoms with Gasteiger partial charge in [0.1, 0.15) is 9.08 Å². The van der Waals surface area contributed by atoms with E-state index in [1.54, 1.807) is 0 Å². The number of nitrogens with zero attached hydrogens (tertiary/aromatic N) is 2. The molecule has 0 unspecified atom stereocenters. The maximum atomic E-state index is 11.4. The molecule has 1 aromatic heterocycles. The van der Waals surface area contributed by atoms with Gasteiger partial charge in [0.15, 0.2) is 0 Å². The van der Waals surface area contributed by atoms with Crippen molar-refractivity contribution in [2.75, 3.05) is 0 Å². The molecule has 1 rings (SSSR count). The zero-order valence-corrected chi connectivity index (χ0v) is 12.3. The van der Waals surface area contributed by atoms with Crippen molar-refractivity contribution in [2.45, 2.75) is 5.45 Å². The summed E-state index contributed by atoms with van der Waals surface area (Å²) in [5.74, 6) is 0. The van der Waals surface area contributed by atoms with E-state index in [1.807, 2.05) is 0 Å². The minimum absolute atomic E-state index is 0.295. The molecule has 8 heteroatoms. The predicted molar refractivity (Wildman–Crippen MR) is 63.6 cm³/mol. The van der Waals surface area contributed by atoms with Crippen LogP contribution in [0.3, 0.4) is 0 Å². The van der Waals surface area contributed by atoms with Crippen molar-refractivity contribution in [3.63, 3.8) is 0 Å². The second-order valence-corrected chi connectivity index (χ2v) is 4.78. The minimum Gasteiger partial charge on any atom is -0.275 e. The predicted octanol–water partition coefficient (Wildman–Crippen LogP) is 2.05. The summed E-state index contributed by atoms with van der Waals surface area (Å²) in [4.78, 5) is 22.7. The van der Waals surface area contributed by atoms with Crippen molar-refractivity contribution >= 4 is 63.9 Å². The summed E-state index contributed by atoms with van der Waals surface area (Å²) < 4.78 is 2.89. The van der Waals surface area contributed by atoms with E-state index in [0.29, 0.717) is 14.5 Å². The first-order valence-corrected chi connectivity index (χ1v) is 6.35. The number of alkyl halides is 1. The Labute approximate surface area is 107 Å². The molecule has 0 saturated heterocycles. The molecule has 0 aliphatic carbocycles. The first-order chi connectivity index (χ1) is 6.00. The third kappa shape index (κ3) is 2.00. The molecule has 0 amide bonds. The van der Waals surface area contributed by atoms with Gasteiger partial charge in [0.2, 0.25) is 0 Å². The van der Waals surface area contributed by atoms with Gasteiger partial charge in [-0.05, 0) is 31.9 Å².